The molecule has 3 aromatic rings. The monoisotopic (exact) mass is 377 g/mol. The van der Waals surface area contributed by atoms with Crippen LogP contribution in [0.5, 0.6) is 0 Å². The van der Waals surface area contributed by atoms with E-state index in [-0.39, 0.29) is 11.8 Å². The van der Waals surface area contributed by atoms with Gasteiger partial charge in [-0.1, -0.05) is 30.3 Å². The van der Waals surface area contributed by atoms with Gasteiger partial charge in [0, 0.05) is 44.8 Å². The van der Waals surface area contributed by atoms with Crippen LogP contribution >= 0.6 is 0 Å². The molecule has 0 radical (unpaired) electrons. The Hall–Kier alpha value is -3.03. The van der Waals surface area contributed by atoms with E-state index in [4.69, 9.17) is 4.98 Å². The van der Waals surface area contributed by atoms with Crippen LogP contribution in [-0.4, -0.2) is 53.4 Å². The fourth-order valence-electron chi connectivity index (χ4n) is 4.13. The Bertz CT molecular complexity index is 952. The number of fused-ring (bicyclic) bond motifs is 2. The molecular weight excluding hydrogens is 354 g/mol. The minimum atomic E-state index is 0.00345. The smallest absolute Gasteiger partial charge is 0.226 e. The van der Waals surface area contributed by atoms with E-state index in [1.54, 1.807) is 6.33 Å². The maximum Gasteiger partial charge on any atom is 0.226 e. The van der Waals surface area contributed by atoms with Crippen molar-refractivity contribution in [2.45, 2.75) is 38.8 Å². The molecule has 0 bridgehead atoms. The highest BCUT2D eigenvalue weighted by Gasteiger charge is 2.30. The molecule has 0 spiro atoms. The first-order chi connectivity index (χ1) is 13.8. The molecule has 0 saturated heterocycles. The van der Waals surface area contributed by atoms with E-state index in [1.807, 2.05) is 32.5 Å². The molecule has 28 heavy (non-hydrogen) atoms. The normalized spacial score (nSPS) is 19.0. The maximum atomic E-state index is 13.0. The molecule has 5 rings (SSSR count). The quantitative estimate of drug-likeness (QED) is 0.683. The summed E-state index contributed by atoms with van der Waals surface area (Å²) in [4.78, 5) is 24.0. The first kappa shape index (κ1) is 17.1. The zero-order chi connectivity index (χ0) is 18.9. The highest BCUT2D eigenvalue weighted by atomic mass is 16.2. The van der Waals surface area contributed by atoms with Gasteiger partial charge in [-0.15, -0.1) is 0 Å². The van der Waals surface area contributed by atoms with Crippen LogP contribution in [0.3, 0.4) is 0 Å². The highest BCUT2D eigenvalue weighted by molar-refractivity contribution is 5.79. The highest BCUT2D eigenvalue weighted by Crippen LogP contribution is 2.21. The summed E-state index contributed by atoms with van der Waals surface area (Å²) in [6.07, 6.45) is 4.57. The number of hydrogen-bond acceptors (Lipinski definition) is 5. The molecule has 4 heterocycles. The lowest BCUT2D eigenvalue weighted by atomic mass is 9.96. The lowest BCUT2D eigenvalue weighted by Gasteiger charge is -2.28. The van der Waals surface area contributed by atoms with Crippen molar-refractivity contribution in [2.75, 3.05) is 13.1 Å². The van der Waals surface area contributed by atoms with Crippen molar-refractivity contribution < 1.29 is 4.79 Å². The minimum Gasteiger partial charge on any atom is -0.340 e. The number of carbonyl (C=O) groups excluding carboxylic acids is 1. The van der Waals surface area contributed by atoms with E-state index >= 15 is 0 Å². The second kappa shape index (κ2) is 7.18. The predicted molar refractivity (Wildman–Crippen MR) is 101 cm³/mol. The summed E-state index contributed by atoms with van der Waals surface area (Å²) in [6, 6.07) is 10.3. The Labute approximate surface area is 163 Å². The molecule has 1 unspecified atom stereocenters. The predicted octanol–water partition coefficient (Wildman–Crippen LogP) is 1.11. The van der Waals surface area contributed by atoms with Gasteiger partial charge < -0.3 is 4.90 Å². The Morgan fingerprint density at radius 1 is 1.04 bits per heavy atom. The van der Waals surface area contributed by atoms with Gasteiger partial charge in [-0.3, -0.25) is 9.48 Å². The molecular formula is C20H23N7O. The third-order valence-electron chi connectivity index (χ3n) is 5.66. The van der Waals surface area contributed by atoms with Crippen molar-refractivity contribution in [3.8, 4) is 0 Å². The summed E-state index contributed by atoms with van der Waals surface area (Å²) in [7, 11) is 0. The third-order valence-corrected chi connectivity index (χ3v) is 5.66. The van der Waals surface area contributed by atoms with Crippen LogP contribution < -0.4 is 0 Å². The number of rotatable bonds is 3. The maximum absolute atomic E-state index is 13.0. The third kappa shape index (κ3) is 3.30. The number of nitrogens with zero attached hydrogens (tertiary/aromatic N) is 7. The Morgan fingerprint density at radius 3 is 2.82 bits per heavy atom. The molecule has 1 aromatic carbocycles. The van der Waals surface area contributed by atoms with Crippen LogP contribution in [0.2, 0.25) is 0 Å². The summed E-state index contributed by atoms with van der Waals surface area (Å²) in [6.45, 7) is 2.85. The molecule has 0 fully saturated rings. The van der Waals surface area contributed by atoms with Crippen LogP contribution in [-0.2, 0) is 37.1 Å². The minimum absolute atomic E-state index is 0.00345. The van der Waals surface area contributed by atoms with Gasteiger partial charge in [-0.2, -0.15) is 10.2 Å². The SMILES string of the molecule is O=C(C1CCn2ncnc2C1)N1CCc2nc(Cc3ccccc3)nn2CC1. The molecule has 0 N–H and O–H groups in total. The fraction of sp³-hybridized carbons (Fsp3) is 0.450. The zero-order valence-corrected chi connectivity index (χ0v) is 15.7. The lowest BCUT2D eigenvalue weighted by Crippen LogP contribution is -2.41. The van der Waals surface area contributed by atoms with Gasteiger partial charge in [0.15, 0.2) is 5.82 Å². The number of benzene rings is 1. The van der Waals surface area contributed by atoms with E-state index in [2.05, 4.69) is 27.3 Å². The number of amides is 1. The first-order valence-corrected chi connectivity index (χ1v) is 9.88. The Kier molecular flexibility index (Phi) is 4.38. The van der Waals surface area contributed by atoms with Crippen LogP contribution in [0.15, 0.2) is 36.7 Å². The summed E-state index contributed by atoms with van der Waals surface area (Å²) in [5.74, 6) is 2.98. The summed E-state index contributed by atoms with van der Waals surface area (Å²) in [5.41, 5.74) is 1.21. The molecule has 1 amide bonds. The number of aromatic nitrogens is 6. The molecule has 2 aromatic heterocycles. The van der Waals surface area contributed by atoms with Crippen LogP contribution in [0.1, 0.15) is 29.5 Å². The van der Waals surface area contributed by atoms with E-state index in [9.17, 15) is 4.79 Å². The van der Waals surface area contributed by atoms with Gasteiger partial charge in [0.25, 0.3) is 0 Å². The molecule has 0 saturated carbocycles. The van der Waals surface area contributed by atoms with E-state index < -0.39 is 0 Å². The van der Waals surface area contributed by atoms with Crippen LogP contribution in [0.4, 0.5) is 0 Å². The zero-order valence-electron chi connectivity index (χ0n) is 15.7. The molecule has 8 heteroatoms. The summed E-state index contributed by atoms with van der Waals surface area (Å²) >= 11 is 0. The van der Waals surface area contributed by atoms with Crippen LogP contribution in [0.25, 0.3) is 0 Å². The molecule has 1 atom stereocenters. The van der Waals surface area contributed by atoms with E-state index in [1.165, 1.54) is 5.56 Å². The van der Waals surface area contributed by atoms with Gasteiger partial charge in [-0.05, 0) is 12.0 Å². The van der Waals surface area contributed by atoms with Crippen molar-refractivity contribution in [3.05, 3.63) is 59.7 Å². The van der Waals surface area contributed by atoms with E-state index in [0.717, 1.165) is 43.3 Å². The summed E-state index contributed by atoms with van der Waals surface area (Å²) in [5, 5.41) is 8.88. The Morgan fingerprint density at radius 2 is 1.93 bits per heavy atom. The largest absolute Gasteiger partial charge is 0.340 e. The lowest BCUT2D eigenvalue weighted by molar-refractivity contribution is -0.136. The first-order valence-electron chi connectivity index (χ1n) is 9.88. The molecule has 8 nitrogen and oxygen atoms in total. The van der Waals surface area contributed by atoms with Gasteiger partial charge in [0.1, 0.15) is 18.0 Å². The van der Waals surface area contributed by atoms with Gasteiger partial charge in [-0.25, -0.2) is 14.6 Å². The molecule has 2 aliphatic heterocycles. The second-order valence-corrected chi connectivity index (χ2v) is 7.49. The summed E-state index contributed by atoms with van der Waals surface area (Å²) < 4.78 is 3.88. The number of carbonyl (C=O) groups is 1. The van der Waals surface area contributed by atoms with Crippen molar-refractivity contribution >= 4 is 5.91 Å². The van der Waals surface area contributed by atoms with Crippen molar-refractivity contribution in [3.63, 3.8) is 0 Å². The van der Waals surface area contributed by atoms with Gasteiger partial charge in [0.2, 0.25) is 5.91 Å². The standard InChI is InChI=1S/C20H23N7O/c28-20(16-6-9-26-19(13-16)21-14-22-26)25-8-7-18-23-17(24-27(18)11-10-25)12-15-4-2-1-3-5-15/h1-5,14,16H,6-13H2. The van der Waals surface area contributed by atoms with Crippen LogP contribution in [0, 0.1) is 5.92 Å². The average Bonchev–Trinajstić information content (AvgIpc) is 3.30. The number of aryl methyl sites for hydroxylation is 1. The molecule has 2 aliphatic rings. The topological polar surface area (TPSA) is 81.7 Å². The number of hydrogen-bond donors (Lipinski definition) is 0. The van der Waals surface area contributed by atoms with Gasteiger partial charge in [0.05, 0.1) is 6.54 Å². The van der Waals surface area contributed by atoms with Crippen molar-refractivity contribution in [1.29, 1.82) is 0 Å². The fourth-order valence-corrected chi connectivity index (χ4v) is 4.13. The Balaban J connectivity index is 1.23. The average molecular weight is 377 g/mol. The van der Waals surface area contributed by atoms with Crippen molar-refractivity contribution in [2.24, 2.45) is 5.92 Å². The second-order valence-electron chi connectivity index (χ2n) is 7.49. The van der Waals surface area contributed by atoms with Gasteiger partial charge >= 0.3 is 0 Å². The molecule has 144 valence electrons. The molecule has 0 aliphatic carbocycles. The van der Waals surface area contributed by atoms with Crippen molar-refractivity contribution in [1.82, 2.24) is 34.4 Å². The van der Waals surface area contributed by atoms with E-state index in [0.29, 0.717) is 26.1 Å².